The molecule has 1 aromatic heterocycles. The lowest BCUT2D eigenvalue weighted by atomic mass is 9.82. The molecule has 230 valence electrons. The van der Waals surface area contributed by atoms with Crippen molar-refractivity contribution in [2.24, 2.45) is 0 Å². The minimum absolute atomic E-state index is 0.352. The molecule has 0 radical (unpaired) electrons. The molecular formula is C34H35F2N3O5. The van der Waals surface area contributed by atoms with E-state index in [1.165, 1.54) is 30.0 Å². The van der Waals surface area contributed by atoms with Crippen LogP contribution in [0.5, 0.6) is 0 Å². The van der Waals surface area contributed by atoms with Crippen LogP contribution in [0.25, 0.3) is 10.9 Å². The number of aromatic nitrogens is 1. The van der Waals surface area contributed by atoms with Gasteiger partial charge in [0.05, 0.1) is 11.2 Å². The Hall–Kier alpha value is -4.67. The largest absolute Gasteiger partial charge is 0.478 e. The quantitative estimate of drug-likeness (QED) is 0.219. The first-order valence-corrected chi connectivity index (χ1v) is 14.3. The van der Waals surface area contributed by atoms with Crippen molar-refractivity contribution in [2.45, 2.75) is 25.4 Å². The molecule has 1 aliphatic heterocycles. The van der Waals surface area contributed by atoms with Gasteiger partial charge in [-0.25, -0.2) is 18.4 Å². The number of piperazine rings is 1. The van der Waals surface area contributed by atoms with Gasteiger partial charge in [-0.15, -0.1) is 0 Å². The van der Waals surface area contributed by atoms with Crippen molar-refractivity contribution in [2.75, 3.05) is 37.6 Å². The van der Waals surface area contributed by atoms with Crippen molar-refractivity contribution in [3.8, 4) is 0 Å². The highest BCUT2D eigenvalue weighted by molar-refractivity contribution is 5.91. The fourth-order valence-corrected chi connectivity index (χ4v) is 5.30. The number of aliphatic carboxylic acids is 2. The second kappa shape index (κ2) is 14.7. The maximum absolute atomic E-state index is 13.5. The van der Waals surface area contributed by atoms with Crippen LogP contribution in [-0.4, -0.2) is 69.9 Å². The number of aliphatic hydroxyl groups is 1. The number of halogens is 2. The Morgan fingerprint density at radius 2 is 1.36 bits per heavy atom. The molecule has 1 saturated heterocycles. The molecule has 5 rings (SSSR count). The molecule has 0 saturated carbocycles. The van der Waals surface area contributed by atoms with Crippen LogP contribution in [0, 0.1) is 18.6 Å². The standard InChI is InChI=1S/C30H31F2N3O.C4H4O4/c1-22-6-7-23-4-2-5-28(29(23)33-22)35-20-18-34(19-21-35)17-3-16-30(36,24-8-12-26(31)13-9-24)25-10-14-27(32)15-11-25;5-3(6)1-2-4(7)8/h2,4-15,36H,3,16-21H2,1H3;1-2H,(H,5,6)(H,7,8)/b;2-1+. The smallest absolute Gasteiger partial charge is 0.328 e. The summed E-state index contributed by atoms with van der Waals surface area (Å²) in [6.45, 7) is 6.53. The van der Waals surface area contributed by atoms with Crippen LogP contribution in [0.3, 0.4) is 0 Å². The summed E-state index contributed by atoms with van der Waals surface area (Å²) in [6.07, 6.45) is 2.32. The van der Waals surface area contributed by atoms with Gasteiger partial charge in [0.1, 0.15) is 17.2 Å². The van der Waals surface area contributed by atoms with Gasteiger partial charge in [0, 0.05) is 49.4 Å². The summed E-state index contributed by atoms with van der Waals surface area (Å²) in [5.74, 6) is -3.22. The van der Waals surface area contributed by atoms with E-state index >= 15 is 0 Å². The number of nitrogens with zero attached hydrogens (tertiary/aromatic N) is 3. The topological polar surface area (TPSA) is 114 Å². The van der Waals surface area contributed by atoms with E-state index in [0.717, 1.165) is 55.7 Å². The number of para-hydroxylation sites is 1. The first-order chi connectivity index (χ1) is 21.0. The molecule has 0 aliphatic carbocycles. The van der Waals surface area contributed by atoms with Gasteiger partial charge in [-0.2, -0.15) is 0 Å². The number of carbonyl (C=O) groups is 2. The maximum Gasteiger partial charge on any atom is 0.328 e. The maximum atomic E-state index is 13.5. The van der Waals surface area contributed by atoms with Crippen LogP contribution in [0.1, 0.15) is 29.7 Å². The number of fused-ring (bicyclic) bond motifs is 1. The van der Waals surface area contributed by atoms with E-state index in [1.54, 1.807) is 24.3 Å². The molecule has 8 nitrogen and oxygen atoms in total. The van der Waals surface area contributed by atoms with Crippen molar-refractivity contribution in [3.63, 3.8) is 0 Å². The lowest BCUT2D eigenvalue weighted by molar-refractivity contribution is -0.134. The number of hydrogen-bond donors (Lipinski definition) is 3. The molecular weight excluding hydrogens is 568 g/mol. The molecule has 10 heteroatoms. The summed E-state index contributed by atoms with van der Waals surface area (Å²) in [5.41, 5.74) is 3.16. The van der Waals surface area contributed by atoms with Crippen molar-refractivity contribution in [1.29, 1.82) is 0 Å². The predicted octanol–water partition coefficient (Wildman–Crippen LogP) is 5.37. The average Bonchev–Trinajstić information content (AvgIpc) is 3.01. The molecule has 0 atom stereocenters. The predicted molar refractivity (Wildman–Crippen MR) is 165 cm³/mol. The highest BCUT2D eigenvalue weighted by atomic mass is 19.1. The van der Waals surface area contributed by atoms with Gasteiger partial charge in [0.2, 0.25) is 0 Å². The normalized spacial score (nSPS) is 14.0. The molecule has 1 fully saturated rings. The Labute approximate surface area is 254 Å². The summed E-state index contributed by atoms with van der Waals surface area (Å²) < 4.78 is 27.1. The van der Waals surface area contributed by atoms with Crippen LogP contribution in [-0.2, 0) is 15.2 Å². The zero-order valence-electron chi connectivity index (χ0n) is 24.4. The minimum atomic E-state index is -1.31. The Bertz CT molecular complexity index is 1540. The molecule has 3 N–H and O–H groups in total. The number of pyridine rings is 1. The zero-order chi connectivity index (χ0) is 31.7. The SMILES string of the molecule is Cc1ccc2cccc(N3CCN(CCCC(O)(c4ccc(F)cc4)c4ccc(F)cc4)CC3)c2n1.O=C(O)/C=C/C(=O)O. The third kappa shape index (κ3) is 8.46. The molecule has 3 aromatic carbocycles. The molecule has 44 heavy (non-hydrogen) atoms. The van der Waals surface area contributed by atoms with Crippen molar-refractivity contribution >= 4 is 28.5 Å². The molecule has 0 spiro atoms. The fourth-order valence-electron chi connectivity index (χ4n) is 5.30. The van der Waals surface area contributed by atoms with Crippen molar-refractivity contribution < 1.29 is 33.7 Å². The summed E-state index contributed by atoms with van der Waals surface area (Å²) in [6, 6.07) is 22.4. The Morgan fingerprint density at radius 3 is 1.89 bits per heavy atom. The third-order valence-corrected chi connectivity index (χ3v) is 7.58. The molecule has 2 heterocycles. The van der Waals surface area contributed by atoms with E-state index < -0.39 is 17.5 Å². The number of aryl methyl sites for hydroxylation is 1. The summed E-state index contributed by atoms with van der Waals surface area (Å²) in [5, 5.41) is 28.5. The van der Waals surface area contributed by atoms with Gasteiger partial charge in [-0.3, -0.25) is 9.88 Å². The van der Waals surface area contributed by atoms with Crippen molar-refractivity contribution in [3.05, 3.63) is 119 Å². The van der Waals surface area contributed by atoms with Gasteiger partial charge in [0.15, 0.2) is 0 Å². The first kappa shape index (κ1) is 32.2. The van der Waals surface area contributed by atoms with E-state index in [9.17, 15) is 23.5 Å². The van der Waals surface area contributed by atoms with Gasteiger partial charge in [-0.05, 0) is 73.8 Å². The Balaban J connectivity index is 0.000000488. The van der Waals surface area contributed by atoms with E-state index in [0.29, 0.717) is 29.7 Å². The van der Waals surface area contributed by atoms with E-state index in [2.05, 4.69) is 34.1 Å². The summed E-state index contributed by atoms with van der Waals surface area (Å²) in [4.78, 5) is 28.7. The number of benzene rings is 3. The Morgan fingerprint density at radius 1 is 0.818 bits per heavy atom. The highest BCUT2D eigenvalue weighted by Gasteiger charge is 2.31. The lowest BCUT2D eigenvalue weighted by Gasteiger charge is -2.37. The summed E-state index contributed by atoms with van der Waals surface area (Å²) in [7, 11) is 0. The molecule has 0 unspecified atom stereocenters. The van der Waals surface area contributed by atoms with Gasteiger partial charge in [0.25, 0.3) is 0 Å². The van der Waals surface area contributed by atoms with Gasteiger partial charge < -0.3 is 20.2 Å². The van der Waals surface area contributed by atoms with E-state index in [4.69, 9.17) is 15.2 Å². The lowest BCUT2D eigenvalue weighted by Crippen LogP contribution is -2.47. The number of carboxylic acids is 2. The van der Waals surface area contributed by atoms with E-state index in [1.807, 2.05) is 13.0 Å². The average molecular weight is 604 g/mol. The Kier molecular flexibility index (Phi) is 10.8. The minimum Gasteiger partial charge on any atom is -0.478 e. The molecule has 1 aliphatic rings. The second-order valence-electron chi connectivity index (χ2n) is 10.6. The van der Waals surface area contributed by atoms with Crippen LogP contribution in [0.15, 0.2) is 91.0 Å². The van der Waals surface area contributed by atoms with Crippen LogP contribution in [0.2, 0.25) is 0 Å². The molecule has 0 amide bonds. The van der Waals surface area contributed by atoms with Gasteiger partial charge >= 0.3 is 11.9 Å². The number of rotatable bonds is 9. The zero-order valence-corrected chi connectivity index (χ0v) is 24.4. The molecule has 4 aromatic rings. The molecule has 0 bridgehead atoms. The van der Waals surface area contributed by atoms with Crippen LogP contribution >= 0.6 is 0 Å². The number of carboxylic acid groups (broad SMARTS) is 2. The number of hydrogen-bond acceptors (Lipinski definition) is 6. The van der Waals surface area contributed by atoms with Crippen molar-refractivity contribution in [1.82, 2.24) is 9.88 Å². The van der Waals surface area contributed by atoms with E-state index in [-0.39, 0.29) is 11.6 Å². The number of anilines is 1. The monoisotopic (exact) mass is 603 g/mol. The summed E-state index contributed by atoms with van der Waals surface area (Å²) >= 11 is 0. The van der Waals surface area contributed by atoms with Crippen LogP contribution in [0.4, 0.5) is 14.5 Å². The third-order valence-electron chi connectivity index (χ3n) is 7.58. The highest BCUT2D eigenvalue weighted by Crippen LogP contribution is 2.35. The second-order valence-corrected chi connectivity index (χ2v) is 10.6. The fraction of sp³-hybridized carbons (Fsp3) is 0.265. The first-order valence-electron chi connectivity index (χ1n) is 14.3. The van der Waals surface area contributed by atoms with Gasteiger partial charge in [-0.1, -0.05) is 42.5 Å². The van der Waals surface area contributed by atoms with Crippen LogP contribution < -0.4 is 4.90 Å².